The van der Waals surface area contributed by atoms with Crippen LogP contribution in [0, 0.1) is 5.92 Å². The van der Waals surface area contributed by atoms with Gasteiger partial charge in [0.25, 0.3) is 0 Å². The van der Waals surface area contributed by atoms with Gasteiger partial charge in [0.05, 0.1) is 11.4 Å². The van der Waals surface area contributed by atoms with Crippen LogP contribution in [0.2, 0.25) is 0 Å². The highest BCUT2D eigenvalue weighted by Gasteiger charge is 2.16. The zero-order chi connectivity index (χ0) is 18.2. The molecule has 1 aromatic carbocycles. The summed E-state index contributed by atoms with van der Waals surface area (Å²) in [5.41, 5.74) is 0.966. The third-order valence-corrected chi connectivity index (χ3v) is 5.31. The van der Waals surface area contributed by atoms with Crippen LogP contribution in [0.25, 0.3) is 0 Å². The zero-order valence-electron chi connectivity index (χ0n) is 15.3. The maximum atomic E-state index is 12.0. The summed E-state index contributed by atoms with van der Waals surface area (Å²) >= 11 is 0. The van der Waals surface area contributed by atoms with Gasteiger partial charge in [0, 0.05) is 27.2 Å². The lowest BCUT2D eigenvalue weighted by Gasteiger charge is -2.13. The SMILES string of the molecule is CCNC(=NCc1ccc(S(=O)(=O)N(C)C)cc1)NCCC(C)C. The van der Waals surface area contributed by atoms with E-state index in [0.29, 0.717) is 17.4 Å². The molecule has 0 aliphatic carbocycles. The van der Waals surface area contributed by atoms with Gasteiger partial charge in [-0.25, -0.2) is 17.7 Å². The molecule has 136 valence electrons. The summed E-state index contributed by atoms with van der Waals surface area (Å²) in [5.74, 6) is 1.43. The van der Waals surface area contributed by atoms with Crippen molar-refractivity contribution in [2.24, 2.45) is 10.9 Å². The number of nitrogens with one attached hydrogen (secondary N) is 2. The summed E-state index contributed by atoms with van der Waals surface area (Å²) in [6.07, 6.45) is 1.08. The van der Waals surface area contributed by atoms with E-state index < -0.39 is 10.0 Å². The van der Waals surface area contributed by atoms with Crippen molar-refractivity contribution >= 4 is 16.0 Å². The minimum absolute atomic E-state index is 0.294. The van der Waals surface area contributed by atoms with Crippen LogP contribution < -0.4 is 10.6 Å². The highest BCUT2D eigenvalue weighted by Crippen LogP contribution is 2.14. The molecule has 0 bridgehead atoms. The van der Waals surface area contributed by atoms with Gasteiger partial charge in [0.2, 0.25) is 10.0 Å². The Morgan fingerprint density at radius 3 is 2.29 bits per heavy atom. The van der Waals surface area contributed by atoms with Gasteiger partial charge in [-0.2, -0.15) is 0 Å². The minimum atomic E-state index is -3.38. The molecule has 2 N–H and O–H groups in total. The van der Waals surface area contributed by atoms with Crippen molar-refractivity contribution in [3.8, 4) is 0 Å². The molecule has 0 unspecified atom stereocenters. The predicted molar refractivity (Wildman–Crippen MR) is 99.6 cm³/mol. The Bertz CT molecular complexity index is 622. The maximum Gasteiger partial charge on any atom is 0.242 e. The van der Waals surface area contributed by atoms with Crippen molar-refractivity contribution in [1.29, 1.82) is 0 Å². The van der Waals surface area contributed by atoms with Crippen molar-refractivity contribution < 1.29 is 8.42 Å². The van der Waals surface area contributed by atoms with Crippen LogP contribution in [0.15, 0.2) is 34.2 Å². The van der Waals surface area contributed by atoms with Crippen LogP contribution >= 0.6 is 0 Å². The molecule has 0 heterocycles. The van der Waals surface area contributed by atoms with E-state index in [1.807, 2.05) is 6.92 Å². The van der Waals surface area contributed by atoms with E-state index in [4.69, 9.17) is 0 Å². The Kier molecular flexibility index (Phi) is 8.21. The fourth-order valence-corrected chi connectivity index (χ4v) is 2.87. The van der Waals surface area contributed by atoms with Gasteiger partial charge in [-0.15, -0.1) is 0 Å². The van der Waals surface area contributed by atoms with E-state index >= 15 is 0 Å². The lowest BCUT2D eigenvalue weighted by Crippen LogP contribution is -2.38. The van der Waals surface area contributed by atoms with Crippen LogP contribution in [-0.2, 0) is 16.6 Å². The fraction of sp³-hybridized carbons (Fsp3) is 0.588. The number of aliphatic imine (C=N–C) groups is 1. The molecule has 24 heavy (non-hydrogen) atoms. The fourth-order valence-electron chi connectivity index (χ4n) is 1.97. The molecule has 0 spiro atoms. The van der Waals surface area contributed by atoms with Gasteiger partial charge in [-0.3, -0.25) is 0 Å². The van der Waals surface area contributed by atoms with Gasteiger partial charge in [0.15, 0.2) is 5.96 Å². The van der Waals surface area contributed by atoms with Gasteiger partial charge >= 0.3 is 0 Å². The normalized spacial score (nSPS) is 12.7. The summed E-state index contributed by atoms with van der Waals surface area (Å²) in [6.45, 7) is 8.58. The number of hydrogen-bond acceptors (Lipinski definition) is 3. The van der Waals surface area contributed by atoms with Crippen LogP contribution in [0.1, 0.15) is 32.8 Å². The van der Waals surface area contributed by atoms with Gasteiger partial charge < -0.3 is 10.6 Å². The molecule has 0 aromatic heterocycles. The molecule has 0 fully saturated rings. The number of sulfonamides is 1. The largest absolute Gasteiger partial charge is 0.357 e. The molecule has 7 heteroatoms. The number of rotatable bonds is 8. The number of hydrogen-bond donors (Lipinski definition) is 2. The second-order valence-corrected chi connectivity index (χ2v) is 8.39. The summed E-state index contributed by atoms with van der Waals surface area (Å²) in [4.78, 5) is 4.84. The van der Waals surface area contributed by atoms with E-state index in [9.17, 15) is 8.42 Å². The van der Waals surface area contributed by atoms with Crippen LogP contribution in [0.3, 0.4) is 0 Å². The Morgan fingerprint density at radius 1 is 1.17 bits per heavy atom. The van der Waals surface area contributed by atoms with E-state index in [-0.39, 0.29) is 0 Å². The average molecular weight is 355 g/mol. The van der Waals surface area contributed by atoms with Gasteiger partial charge in [-0.05, 0) is 37.0 Å². The Morgan fingerprint density at radius 2 is 1.79 bits per heavy atom. The molecule has 0 amide bonds. The molecule has 0 saturated carbocycles. The molecule has 0 radical (unpaired) electrons. The highest BCUT2D eigenvalue weighted by atomic mass is 32.2. The summed E-state index contributed by atoms with van der Waals surface area (Å²) in [7, 11) is -0.327. The first-order valence-electron chi connectivity index (χ1n) is 8.31. The first kappa shape index (κ1) is 20.4. The highest BCUT2D eigenvalue weighted by molar-refractivity contribution is 7.89. The minimum Gasteiger partial charge on any atom is -0.357 e. The van der Waals surface area contributed by atoms with Gasteiger partial charge in [0.1, 0.15) is 0 Å². The lowest BCUT2D eigenvalue weighted by molar-refractivity contribution is 0.520. The van der Waals surface area contributed by atoms with Gasteiger partial charge in [-0.1, -0.05) is 26.0 Å². The van der Waals surface area contributed by atoms with Crippen molar-refractivity contribution in [2.45, 2.75) is 38.6 Å². The average Bonchev–Trinajstić information content (AvgIpc) is 2.52. The number of guanidine groups is 1. The van der Waals surface area contributed by atoms with E-state index in [1.54, 1.807) is 24.3 Å². The molecule has 0 atom stereocenters. The third kappa shape index (κ3) is 6.49. The standard InChI is InChI=1S/C17H30N4O2S/c1-6-18-17(19-12-11-14(2)3)20-13-15-7-9-16(10-8-15)24(22,23)21(4)5/h7-10,14H,6,11-13H2,1-5H3,(H2,18,19,20). The topological polar surface area (TPSA) is 73.8 Å². The van der Waals surface area contributed by atoms with Crippen molar-refractivity contribution in [3.05, 3.63) is 29.8 Å². The summed E-state index contributed by atoms with van der Waals surface area (Å²) in [6, 6.07) is 6.85. The predicted octanol–water partition coefficient (Wildman–Crippen LogP) is 2.04. The number of nitrogens with zero attached hydrogens (tertiary/aromatic N) is 2. The molecule has 0 saturated heterocycles. The van der Waals surface area contributed by atoms with E-state index in [0.717, 1.165) is 31.0 Å². The van der Waals surface area contributed by atoms with Crippen LogP contribution in [0.4, 0.5) is 0 Å². The molecule has 1 rings (SSSR count). The summed E-state index contributed by atoms with van der Waals surface area (Å²) in [5, 5.41) is 6.52. The third-order valence-electron chi connectivity index (χ3n) is 3.48. The van der Waals surface area contributed by atoms with E-state index in [1.165, 1.54) is 18.4 Å². The first-order chi connectivity index (χ1) is 11.3. The number of benzene rings is 1. The smallest absolute Gasteiger partial charge is 0.242 e. The van der Waals surface area contributed by atoms with Crippen molar-refractivity contribution in [3.63, 3.8) is 0 Å². The Labute approximate surface area is 146 Å². The second-order valence-electron chi connectivity index (χ2n) is 6.24. The molecule has 0 aliphatic rings. The molecular formula is C17H30N4O2S. The Hall–Kier alpha value is -1.60. The van der Waals surface area contributed by atoms with Crippen molar-refractivity contribution in [1.82, 2.24) is 14.9 Å². The monoisotopic (exact) mass is 354 g/mol. The second kappa shape index (κ2) is 9.64. The quantitative estimate of drug-likeness (QED) is 0.553. The van der Waals surface area contributed by atoms with Crippen LogP contribution in [0.5, 0.6) is 0 Å². The molecule has 6 nitrogen and oxygen atoms in total. The van der Waals surface area contributed by atoms with Crippen LogP contribution in [-0.4, -0.2) is 45.9 Å². The van der Waals surface area contributed by atoms with Crippen molar-refractivity contribution in [2.75, 3.05) is 27.2 Å². The zero-order valence-corrected chi connectivity index (χ0v) is 16.2. The molecule has 0 aliphatic heterocycles. The first-order valence-corrected chi connectivity index (χ1v) is 9.75. The van der Waals surface area contributed by atoms with E-state index in [2.05, 4.69) is 29.5 Å². The summed E-state index contributed by atoms with van der Waals surface area (Å²) < 4.78 is 25.3. The molecular weight excluding hydrogens is 324 g/mol. The maximum absolute atomic E-state index is 12.0. The lowest BCUT2D eigenvalue weighted by atomic mass is 10.1. The Balaban J connectivity index is 2.72. The molecule has 1 aromatic rings.